The average Bonchev–Trinajstić information content (AvgIpc) is 3.21. The van der Waals surface area contributed by atoms with Crippen molar-refractivity contribution >= 4 is 11.7 Å². The number of para-hydroxylation sites is 1. The van der Waals surface area contributed by atoms with Gasteiger partial charge < -0.3 is 19.4 Å². The summed E-state index contributed by atoms with van der Waals surface area (Å²) in [7, 11) is 0. The molecule has 1 aromatic heterocycles. The molecule has 0 radical (unpaired) electrons. The van der Waals surface area contributed by atoms with Crippen LogP contribution in [0.5, 0.6) is 0 Å². The van der Waals surface area contributed by atoms with Gasteiger partial charge in [-0.2, -0.15) is 0 Å². The molecule has 0 saturated carbocycles. The lowest BCUT2D eigenvalue weighted by atomic mass is 10.2. The first-order valence-electron chi connectivity index (χ1n) is 7.56. The van der Waals surface area contributed by atoms with E-state index in [1.165, 1.54) is 0 Å². The number of benzene rings is 1. The average molecular weight is 300 g/mol. The number of rotatable bonds is 5. The van der Waals surface area contributed by atoms with E-state index in [1.54, 1.807) is 11.2 Å². The minimum atomic E-state index is -0.141. The molecule has 3 rings (SSSR count). The summed E-state index contributed by atoms with van der Waals surface area (Å²) < 4.78 is 11.0. The summed E-state index contributed by atoms with van der Waals surface area (Å²) >= 11 is 0. The Kier molecular flexibility index (Phi) is 4.75. The summed E-state index contributed by atoms with van der Waals surface area (Å²) in [5, 5.41) is 2.92. The summed E-state index contributed by atoms with van der Waals surface area (Å²) in [6.07, 6.45) is 3.78. The molecule has 5 nitrogen and oxygen atoms in total. The van der Waals surface area contributed by atoms with Crippen molar-refractivity contribution in [2.75, 3.05) is 18.5 Å². The fourth-order valence-electron chi connectivity index (χ4n) is 2.57. The quantitative estimate of drug-likeness (QED) is 0.919. The second-order valence-corrected chi connectivity index (χ2v) is 5.39. The molecular formula is C17H20N2O3. The van der Waals surface area contributed by atoms with Crippen molar-refractivity contribution in [1.82, 2.24) is 4.90 Å². The zero-order valence-corrected chi connectivity index (χ0v) is 12.4. The Morgan fingerprint density at radius 1 is 1.23 bits per heavy atom. The lowest BCUT2D eigenvalue weighted by molar-refractivity contribution is 0.0803. The van der Waals surface area contributed by atoms with Gasteiger partial charge in [0.25, 0.3) is 0 Å². The fourth-order valence-corrected chi connectivity index (χ4v) is 2.57. The Hall–Kier alpha value is -2.27. The smallest absolute Gasteiger partial charge is 0.322 e. The number of ether oxygens (including phenoxy) is 1. The van der Waals surface area contributed by atoms with Gasteiger partial charge in [-0.25, -0.2) is 4.79 Å². The zero-order valence-electron chi connectivity index (χ0n) is 12.4. The van der Waals surface area contributed by atoms with E-state index >= 15 is 0 Å². The maximum absolute atomic E-state index is 12.5. The van der Waals surface area contributed by atoms with Crippen LogP contribution in [0.2, 0.25) is 0 Å². The second-order valence-electron chi connectivity index (χ2n) is 5.39. The monoisotopic (exact) mass is 300 g/mol. The van der Waals surface area contributed by atoms with E-state index in [4.69, 9.17) is 9.15 Å². The van der Waals surface area contributed by atoms with E-state index in [-0.39, 0.29) is 12.1 Å². The van der Waals surface area contributed by atoms with Gasteiger partial charge in [-0.1, -0.05) is 18.2 Å². The minimum Gasteiger partial charge on any atom is -0.467 e. The standard InChI is InChI=1S/C17H20N2O3/c20-17(18-14-6-2-1-3-7-14)19(12-15-8-4-10-21-15)13-16-9-5-11-22-16/h1-4,6-8,10,16H,5,9,11-13H2,(H,18,20). The first kappa shape index (κ1) is 14.7. The van der Waals surface area contributed by atoms with E-state index in [0.29, 0.717) is 13.1 Å². The van der Waals surface area contributed by atoms with Crippen LogP contribution in [0.25, 0.3) is 0 Å². The summed E-state index contributed by atoms with van der Waals surface area (Å²) in [4.78, 5) is 14.3. The molecular weight excluding hydrogens is 280 g/mol. The zero-order chi connectivity index (χ0) is 15.2. The molecule has 2 amide bonds. The largest absolute Gasteiger partial charge is 0.467 e. The number of carbonyl (C=O) groups is 1. The molecule has 1 unspecified atom stereocenters. The molecule has 5 heteroatoms. The first-order valence-corrected chi connectivity index (χ1v) is 7.56. The number of hydrogen-bond donors (Lipinski definition) is 1. The van der Waals surface area contributed by atoms with Crippen molar-refractivity contribution < 1.29 is 13.9 Å². The van der Waals surface area contributed by atoms with Crippen LogP contribution in [0.4, 0.5) is 10.5 Å². The van der Waals surface area contributed by atoms with Gasteiger partial charge in [0, 0.05) is 18.8 Å². The van der Waals surface area contributed by atoms with Gasteiger partial charge in [-0.15, -0.1) is 0 Å². The number of anilines is 1. The molecule has 1 saturated heterocycles. The number of amides is 2. The fraction of sp³-hybridized carbons (Fsp3) is 0.353. The number of carbonyl (C=O) groups excluding carboxylic acids is 1. The van der Waals surface area contributed by atoms with E-state index in [0.717, 1.165) is 30.9 Å². The summed E-state index contributed by atoms with van der Waals surface area (Å²) in [5.74, 6) is 0.765. The lowest BCUT2D eigenvalue weighted by Crippen LogP contribution is -2.39. The van der Waals surface area contributed by atoms with Gasteiger partial charge in [-0.05, 0) is 37.1 Å². The number of furan rings is 1. The van der Waals surface area contributed by atoms with Crippen molar-refractivity contribution in [2.45, 2.75) is 25.5 Å². The van der Waals surface area contributed by atoms with Crippen LogP contribution in [0.15, 0.2) is 53.1 Å². The van der Waals surface area contributed by atoms with Gasteiger partial charge in [0.15, 0.2) is 0 Å². The van der Waals surface area contributed by atoms with Crippen molar-refractivity contribution in [2.24, 2.45) is 0 Å². The Labute approximate surface area is 129 Å². The van der Waals surface area contributed by atoms with Crippen LogP contribution in [-0.4, -0.2) is 30.2 Å². The maximum atomic E-state index is 12.5. The third-order valence-corrected chi connectivity index (χ3v) is 3.69. The third-order valence-electron chi connectivity index (χ3n) is 3.69. The highest BCUT2D eigenvalue weighted by Crippen LogP contribution is 2.16. The van der Waals surface area contributed by atoms with Crippen LogP contribution in [0, 0.1) is 0 Å². The Morgan fingerprint density at radius 3 is 2.77 bits per heavy atom. The van der Waals surface area contributed by atoms with Crippen molar-refractivity contribution in [3.05, 3.63) is 54.5 Å². The number of nitrogens with zero attached hydrogens (tertiary/aromatic N) is 1. The van der Waals surface area contributed by atoms with Crippen molar-refractivity contribution in [1.29, 1.82) is 0 Å². The predicted molar refractivity (Wildman–Crippen MR) is 83.6 cm³/mol. The molecule has 22 heavy (non-hydrogen) atoms. The lowest BCUT2D eigenvalue weighted by Gasteiger charge is -2.25. The Morgan fingerprint density at radius 2 is 2.09 bits per heavy atom. The molecule has 0 spiro atoms. The van der Waals surface area contributed by atoms with Crippen LogP contribution < -0.4 is 5.32 Å². The summed E-state index contributed by atoms with van der Waals surface area (Å²) in [6, 6.07) is 13.0. The Bertz CT molecular complexity index is 577. The van der Waals surface area contributed by atoms with Crippen LogP contribution in [0.1, 0.15) is 18.6 Å². The molecule has 1 atom stereocenters. The number of hydrogen-bond acceptors (Lipinski definition) is 3. The highest BCUT2D eigenvalue weighted by molar-refractivity contribution is 5.89. The van der Waals surface area contributed by atoms with Gasteiger partial charge in [0.2, 0.25) is 0 Å². The normalized spacial score (nSPS) is 17.4. The van der Waals surface area contributed by atoms with E-state index in [2.05, 4.69) is 5.32 Å². The highest BCUT2D eigenvalue weighted by atomic mass is 16.5. The second kappa shape index (κ2) is 7.13. The van der Waals surface area contributed by atoms with Gasteiger partial charge >= 0.3 is 6.03 Å². The SMILES string of the molecule is O=C(Nc1ccccc1)N(Cc1ccco1)CC1CCCO1. The topological polar surface area (TPSA) is 54.7 Å². The molecule has 0 bridgehead atoms. The molecule has 2 heterocycles. The molecule has 2 aromatic rings. The summed E-state index contributed by atoms with van der Waals surface area (Å²) in [5.41, 5.74) is 0.782. The molecule has 1 N–H and O–H groups in total. The third kappa shape index (κ3) is 3.89. The van der Waals surface area contributed by atoms with Gasteiger partial charge in [0.05, 0.1) is 18.9 Å². The highest BCUT2D eigenvalue weighted by Gasteiger charge is 2.23. The molecule has 1 fully saturated rings. The van der Waals surface area contributed by atoms with E-state index in [1.807, 2.05) is 42.5 Å². The van der Waals surface area contributed by atoms with Crippen molar-refractivity contribution in [3.8, 4) is 0 Å². The molecule has 116 valence electrons. The Balaban J connectivity index is 1.67. The molecule has 1 aliphatic rings. The van der Waals surface area contributed by atoms with Crippen LogP contribution in [0.3, 0.4) is 0 Å². The maximum Gasteiger partial charge on any atom is 0.322 e. The predicted octanol–water partition coefficient (Wildman–Crippen LogP) is 3.49. The van der Waals surface area contributed by atoms with Gasteiger partial charge in [-0.3, -0.25) is 0 Å². The van der Waals surface area contributed by atoms with Crippen LogP contribution >= 0.6 is 0 Å². The first-order chi connectivity index (χ1) is 10.8. The molecule has 0 aliphatic carbocycles. The van der Waals surface area contributed by atoms with E-state index < -0.39 is 0 Å². The molecule has 1 aromatic carbocycles. The number of urea groups is 1. The van der Waals surface area contributed by atoms with Gasteiger partial charge in [0.1, 0.15) is 5.76 Å². The summed E-state index contributed by atoms with van der Waals surface area (Å²) in [6.45, 7) is 1.78. The van der Waals surface area contributed by atoms with Crippen molar-refractivity contribution in [3.63, 3.8) is 0 Å². The van der Waals surface area contributed by atoms with Crippen LogP contribution in [-0.2, 0) is 11.3 Å². The molecule has 1 aliphatic heterocycles. The minimum absolute atomic E-state index is 0.108. The number of nitrogens with one attached hydrogen (secondary N) is 1. The van der Waals surface area contributed by atoms with E-state index in [9.17, 15) is 4.79 Å².